The van der Waals surface area contributed by atoms with E-state index in [9.17, 15) is 13.2 Å². The predicted molar refractivity (Wildman–Crippen MR) is 82.3 cm³/mol. The minimum atomic E-state index is -3.22. The molecule has 1 aromatic carbocycles. The minimum absolute atomic E-state index is 0.126. The lowest BCUT2D eigenvalue weighted by atomic mass is 10.0. The molecular formula is C15H21NO4S. The third kappa shape index (κ3) is 3.75. The maximum Gasteiger partial charge on any atom is 0.310 e. The molecule has 0 saturated carbocycles. The van der Waals surface area contributed by atoms with Crippen LogP contribution < -0.4 is 9.64 Å². The van der Waals surface area contributed by atoms with E-state index in [0.29, 0.717) is 17.4 Å². The van der Waals surface area contributed by atoms with Gasteiger partial charge in [-0.2, -0.15) is 0 Å². The molecule has 0 amide bonds. The molecule has 0 unspecified atom stereocenters. The van der Waals surface area contributed by atoms with Crippen molar-refractivity contribution in [2.45, 2.75) is 38.5 Å². The summed E-state index contributed by atoms with van der Waals surface area (Å²) in [5.41, 5.74) is 1.42. The van der Waals surface area contributed by atoms with E-state index in [4.69, 9.17) is 4.74 Å². The van der Waals surface area contributed by atoms with Crippen molar-refractivity contribution < 1.29 is 17.9 Å². The highest BCUT2D eigenvalue weighted by Gasteiger charge is 2.28. The van der Waals surface area contributed by atoms with Gasteiger partial charge < -0.3 is 9.64 Å². The van der Waals surface area contributed by atoms with Crippen LogP contribution in [0.5, 0.6) is 5.75 Å². The van der Waals surface area contributed by atoms with Crippen LogP contribution in [-0.4, -0.2) is 33.2 Å². The van der Waals surface area contributed by atoms with Crippen LogP contribution in [0, 0.1) is 0 Å². The number of esters is 1. The molecule has 21 heavy (non-hydrogen) atoms. The first-order chi connectivity index (χ1) is 9.81. The number of rotatable bonds is 5. The fraction of sp³-hybridized carbons (Fsp3) is 0.533. The Hall–Kier alpha value is -1.56. The van der Waals surface area contributed by atoms with Gasteiger partial charge in [-0.05, 0) is 25.5 Å². The topological polar surface area (TPSA) is 63.7 Å². The van der Waals surface area contributed by atoms with Gasteiger partial charge in [0.2, 0.25) is 0 Å². The first-order valence-electron chi connectivity index (χ1n) is 7.08. The van der Waals surface area contributed by atoms with Crippen molar-refractivity contribution in [3.63, 3.8) is 0 Å². The van der Waals surface area contributed by atoms with E-state index in [0.717, 1.165) is 18.7 Å². The van der Waals surface area contributed by atoms with Gasteiger partial charge >= 0.3 is 5.97 Å². The van der Waals surface area contributed by atoms with Crippen LogP contribution in [0.25, 0.3) is 0 Å². The number of anilines is 1. The van der Waals surface area contributed by atoms with Crippen LogP contribution in [0.4, 0.5) is 5.69 Å². The average Bonchev–Trinajstić information content (AvgIpc) is 2.39. The predicted octanol–water partition coefficient (Wildman–Crippen LogP) is 2.15. The van der Waals surface area contributed by atoms with Crippen LogP contribution >= 0.6 is 0 Å². The lowest BCUT2D eigenvalue weighted by Gasteiger charge is -2.42. The molecule has 0 spiro atoms. The molecule has 0 radical (unpaired) electrons. The van der Waals surface area contributed by atoms with Gasteiger partial charge in [0, 0.05) is 36.5 Å². The molecule has 1 fully saturated rings. The Balaban J connectivity index is 2.44. The van der Waals surface area contributed by atoms with Crippen molar-refractivity contribution in [1.82, 2.24) is 0 Å². The summed E-state index contributed by atoms with van der Waals surface area (Å²) >= 11 is 0. The van der Waals surface area contributed by atoms with Gasteiger partial charge in [0.05, 0.1) is 5.75 Å². The molecule has 1 saturated heterocycles. The molecule has 1 aliphatic rings. The minimum Gasteiger partial charge on any atom is -0.426 e. The molecule has 1 heterocycles. The maximum atomic E-state index is 11.7. The van der Waals surface area contributed by atoms with Crippen LogP contribution in [0.2, 0.25) is 0 Å². The number of sulfone groups is 1. The second-order valence-electron chi connectivity index (χ2n) is 5.48. The van der Waals surface area contributed by atoms with E-state index in [2.05, 4.69) is 11.8 Å². The van der Waals surface area contributed by atoms with E-state index in [1.807, 2.05) is 6.07 Å². The fourth-order valence-electron chi connectivity index (χ4n) is 2.40. The third-order valence-electron chi connectivity index (χ3n) is 3.66. The molecule has 6 heteroatoms. The Morgan fingerprint density at radius 3 is 2.62 bits per heavy atom. The van der Waals surface area contributed by atoms with E-state index < -0.39 is 9.84 Å². The molecule has 0 bridgehead atoms. The van der Waals surface area contributed by atoms with Gasteiger partial charge in [0.15, 0.2) is 9.84 Å². The molecule has 1 atom stereocenters. The quantitative estimate of drug-likeness (QED) is 0.616. The van der Waals surface area contributed by atoms with Crippen molar-refractivity contribution in [3.05, 3.63) is 23.8 Å². The van der Waals surface area contributed by atoms with Crippen LogP contribution in [0.1, 0.15) is 32.3 Å². The highest BCUT2D eigenvalue weighted by molar-refractivity contribution is 7.89. The molecule has 1 aliphatic heterocycles. The molecule has 2 rings (SSSR count). The Kier molecular flexibility index (Phi) is 4.56. The van der Waals surface area contributed by atoms with Gasteiger partial charge in [-0.15, -0.1) is 0 Å². The lowest BCUT2D eigenvalue weighted by molar-refractivity contribution is -0.134. The third-order valence-corrected chi connectivity index (χ3v) is 4.47. The smallest absolute Gasteiger partial charge is 0.310 e. The van der Waals surface area contributed by atoms with E-state index in [1.165, 1.54) is 6.26 Å². The number of benzene rings is 1. The molecule has 0 aliphatic carbocycles. The lowest BCUT2D eigenvalue weighted by Crippen LogP contribution is -2.46. The molecule has 0 aromatic heterocycles. The monoisotopic (exact) mass is 311 g/mol. The Labute approximate surface area is 125 Å². The summed E-state index contributed by atoms with van der Waals surface area (Å²) in [6.07, 6.45) is 2.52. The number of carbonyl (C=O) groups is 1. The van der Waals surface area contributed by atoms with Crippen molar-refractivity contribution >= 4 is 21.5 Å². The molecule has 0 N–H and O–H groups in total. The number of ether oxygens (including phenoxy) is 1. The maximum absolute atomic E-state index is 11.7. The Morgan fingerprint density at radius 1 is 1.43 bits per heavy atom. The van der Waals surface area contributed by atoms with Crippen LogP contribution in [0.3, 0.4) is 0 Å². The zero-order chi connectivity index (χ0) is 15.6. The average molecular weight is 311 g/mol. The summed E-state index contributed by atoms with van der Waals surface area (Å²) in [5, 5.41) is 0. The van der Waals surface area contributed by atoms with Gasteiger partial charge in [-0.1, -0.05) is 13.0 Å². The summed E-state index contributed by atoms with van der Waals surface area (Å²) < 4.78 is 28.7. The normalized spacial score (nSPS) is 18.2. The number of carbonyl (C=O) groups excluding carboxylic acids is 1. The fourth-order valence-corrected chi connectivity index (χ4v) is 3.21. The first kappa shape index (κ1) is 15.8. The first-order valence-corrected chi connectivity index (χ1v) is 9.15. The van der Waals surface area contributed by atoms with E-state index in [-0.39, 0.29) is 18.1 Å². The second-order valence-corrected chi connectivity index (χ2v) is 7.62. The summed E-state index contributed by atoms with van der Waals surface area (Å²) in [6.45, 7) is 4.70. The Morgan fingerprint density at radius 2 is 2.14 bits per heavy atom. The molecule has 1 aromatic rings. The second kappa shape index (κ2) is 6.05. The molecule has 116 valence electrons. The van der Waals surface area contributed by atoms with Crippen molar-refractivity contribution in [3.8, 4) is 5.75 Å². The standard InChI is InChI=1S/C15H21NO4S/c1-4-15(17)20-14-7-5-6-13(16-9-8-11(16)2)12(14)10-21(3,18)19/h5-7,11H,4,8-10H2,1-3H3/t11-/m0/s1. The highest BCUT2D eigenvalue weighted by Crippen LogP contribution is 2.36. The zero-order valence-corrected chi connectivity index (χ0v) is 13.4. The highest BCUT2D eigenvalue weighted by atomic mass is 32.2. The van der Waals surface area contributed by atoms with Gasteiger partial charge in [-0.3, -0.25) is 4.79 Å². The van der Waals surface area contributed by atoms with E-state index >= 15 is 0 Å². The SMILES string of the molecule is CCC(=O)Oc1cccc(N2CC[C@@H]2C)c1CS(C)(=O)=O. The van der Waals surface area contributed by atoms with Gasteiger partial charge in [0.1, 0.15) is 5.75 Å². The van der Waals surface area contributed by atoms with Gasteiger partial charge in [-0.25, -0.2) is 8.42 Å². The van der Waals surface area contributed by atoms with Crippen molar-refractivity contribution in [1.29, 1.82) is 0 Å². The number of hydrogen-bond donors (Lipinski definition) is 0. The van der Waals surface area contributed by atoms with Crippen molar-refractivity contribution in [2.75, 3.05) is 17.7 Å². The van der Waals surface area contributed by atoms with Crippen LogP contribution in [-0.2, 0) is 20.4 Å². The van der Waals surface area contributed by atoms with Crippen molar-refractivity contribution in [2.24, 2.45) is 0 Å². The summed E-state index contributed by atoms with van der Waals surface area (Å²) in [6, 6.07) is 5.71. The molecular weight excluding hydrogens is 290 g/mol. The summed E-state index contributed by atoms with van der Waals surface area (Å²) in [5.74, 6) is -0.138. The Bertz CT molecular complexity index is 639. The largest absolute Gasteiger partial charge is 0.426 e. The van der Waals surface area contributed by atoms with Gasteiger partial charge in [0.25, 0.3) is 0 Å². The van der Waals surface area contributed by atoms with Crippen LogP contribution in [0.15, 0.2) is 18.2 Å². The number of nitrogens with zero attached hydrogens (tertiary/aromatic N) is 1. The van der Waals surface area contributed by atoms with E-state index in [1.54, 1.807) is 19.1 Å². The summed E-state index contributed by atoms with van der Waals surface area (Å²) in [4.78, 5) is 13.7. The number of hydrogen-bond acceptors (Lipinski definition) is 5. The zero-order valence-electron chi connectivity index (χ0n) is 12.6. The summed E-state index contributed by atoms with van der Waals surface area (Å²) in [7, 11) is -3.22. The molecule has 5 nitrogen and oxygen atoms in total.